The lowest BCUT2D eigenvalue weighted by molar-refractivity contribution is -0.133. The number of hydrogen-bond donors (Lipinski definition) is 0. The van der Waals surface area contributed by atoms with Crippen LogP contribution in [0, 0.1) is 5.92 Å². The molecule has 1 saturated heterocycles. The van der Waals surface area contributed by atoms with Crippen molar-refractivity contribution < 1.29 is 14.1 Å². The Morgan fingerprint density at radius 3 is 2.97 bits per heavy atom. The Balaban J connectivity index is 1.32. The lowest BCUT2D eigenvalue weighted by Gasteiger charge is -2.41. The largest absolute Gasteiger partial charge is 0.497 e. The van der Waals surface area contributed by atoms with E-state index in [0.717, 1.165) is 48.5 Å². The average molecular weight is 447 g/mol. The van der Waals surface area contributed by atoms with Crippen LogP contribution < -0.4 is 4.74 Å². The summed E-state index contributed by atoms with van der Waals surface area (Å²) in [5.41, 5.74) is 1.69. The summed E-state index contributed by atoms with van der Waals surface area (Å²) in [6.07, 6.45) is 10.1. The molecule has 172 valence electrons. The van der Waals surface area contributed by atoms with Gasteiger partial charge in [0.05, 0.1) is 18.1 Å². The van der Waals surface area contributed by atoms with Crippen LogP contribution >= 0.6 is 0 Å². The van der Waals surface area contributed by atoms with E-state index in [9.17, 15) is 4.79 Å². The van der Waals surface area contributed by atoms with E-state index in [0.29, 0.717) is 31.2 Å². The van der Waals surface area contributed by atoms with Crippen LogP contribution in [0.5, 0.6) is 5.75 Å². The molecule has 1 aromatic carbocycles. The topological polar surface area (TPSA) is 81.4 Å². The molecular weight excluding hydrogens is 416 g/mol. The SMILES string of the molecule is COc1cccc(CCC(=O)N2CCCC(CC3CC3)(c3noc(-c4cccnc4)n3)C2)c1. The molecule has 2 aliphatic rings. The molecule has 7 heteroatoms. The second-order valence-electron chi connectivity index (χ2n) is 9.36. The third-order valence-corrected chi connectivity index (χ3v) is 6.88. The van der Waals surface area contributed by atoms with Crippen molar-refractivity contribution in [2.24, 2.45) is 5.92 Å². The van der Waals surface area contributed by atoms with Crippen molar-refractivity contribution in [3.63, 3.8) is 0 Å². The third-order valence-electron chi connectivity index (χ3n) is 6.88. The molecule has 7 nitrogen and oxygen atoms in total. The Morgan fingerprint density at radius 2 is 2.18 bits per heavy atom. The zero-order chi connectivity index (χ0) is 22.7. The Labute approximate surface area is 194 Å². The number of carbonyl (C=O) groups excluding carboxylic acids is 1. The van der Waals surface area contributed by atoms with E-state index in [1.807, 2.05) is 41.3 Å². The maximum atomic E-state index is 13.2. The highest BCUT2D eigenvalue weighted by Gasteiger charge is 2.45. The van der Waals surface area contributed by atoms with Gasteiger partial charge in [0.25, 0.3) is 5.89 Å². The van der Waals surface area contributed by atoms with Crippen LogP contribution in [0.3, 0.4) is 0 Å². The molecule has 0 radical (unpaired) electrons. The average Bonchev–Trinajstić information content (AvgIpc) is 3.52. The van der Waals surface area contributed by atoms with Crippen LogP contribution in [0.15, 0.2) is 53.3 Å². The van der Waals surface area contributed by atoms with E-state index < -0.39 is 0 Å². The van der Waals surface area contributed by atoms with Gasteiger partial charge in [-0.3, -0.25) is 9.78 Å². The van der Waals surface area contributed by atoms with Gasteiger partial charge in [-0.05, 0) is 61.4 Å². The van der Waals surface area contributed by atoms with Gasteiger partial charge in [0.1, 0.15) is 5.75 Å². The van der Waals surface area contributed by atoms with Gasteiger partial charge in [0, 0.05) is 31.9 Å². The number of aromatic nitrogens is 3. The van der Waals surface area contributed by atoms with E-state index in [4.69, 9.17) is 14.2 Å². The number of hydrogen-bond acceptors (Lipinski definition) is 6. The van der Waals surface area contributed by atoms with Gasteiger partial charge in [-0.15, -0.1) is 0 Å². The molecule has 1 aliphatic heterocycles. The van der Waals surface area contributed by atoms with E-state index in [1.165, 1.54) is 12.8 Å². The first-order chi connectivity index (χ1) is 16.1. The summed E-state index contributed by atoms with van der Waals surface area (Å²) >= 11 is 0. The first-order valence-electron chi connectivity index (χ1n) is 11.8. The fraction of sp³-hybridized carbons (Fsp3) is 0.462. The molecule has 5 rings (SSSR count). The molecule has 33 heavy (non-hydrogen) atoms. The summed E-state index contributed by atoms with van der Waals surface area (Å²) in [4.78, 5) is 24.2. The van der Waals surface area contributed by atoms with Gasteiger partial charge in [0.2, 0.25) is 5.91 Å². The van der Waals surface area contributed by atoms with Crippen molar-refractivity contribution in [2.75, 3.05) is 20.2 Å². The molecule has 2 fully saturated rings. The van der Waals surface area contributed by atoms with Gasteiger partial charge in [0.15, 0.2) is 5.82 Å². The van der Waals surface area contributed by atoms with Crippen LogP contribution in [0.4, 0.5) is 0 Å². The molecule has 2 aromatic heterocycles. The lowest BCUT2D eigenvalue weighted by atomic mass is 9.74. The zero-order valence-corrected chi connectivity index (χ0v) is 19.1. The smallest absolute Gasteiger partial charge is 0.259 e. The van der Waals surface area contributed by atoms with Gasteiger partial charge in [-0.2, -0.15) is 4.98 Å². The molecular formula is C26H30N4O3. The zero-order valence-electron chi connectivity index (χ0n) is 19.1. The summed E-state index contributed by atoms with van der Waals surface area (Å²) in [6, 6.07) is 11.7. The first kappa shape index (κ1) is 21.6. The third kappa shape index (κ3) is 4.92. The number of ether oxygens (including phenoxy) is 1. The van der Waals surface area contributed by atoms with Crippen LogP contribution in [0.1, 0.15) is 49.9 Å². The van der Waals surface area contributed by atoms with Crippen molar-refractivity contribution in [3.8, 4) is 17.2 Å². The molecule has 1 amide bonds. The second kappa shape index (κ2) is 9.33. The van der Waals surface area contributed by atoms with Gasteiger partial charge >= 0.3 is 0 Å². The maximum absolute atomic E-state index is 13.2. The number of benzene rings is 1. The highest BCUT2D eigenvalue weighted by molar-refractivity contribution is 5.76. The molecule has 1 aliphatic carbocycles. The van der Waals surface area contributed by atoms with Crippen LogP contribution in [-0.2, 0) is 16.6 Å². The van der Waals surface area contributed by atoms with Gasteiger partial charge in [-0.1, -0.05) is 30.1 Å². The van der Waals surface area contributed by atoms with Crippen molar-refractivity contribution in [2.45, 2.75) is 50.4 Å². The molecule has 0 N–H and O–H groups in total. The molecule has 1 unspecified atom stereocenters. The Kier molecular flexibility index (Phi) is 6.11. The second-order valence-corrected chi connectivity index (χ2v) is 9.36. The maximum Gasteiger partial charge on any atom is 0.259 e. The van der Waals surface area contributed by atoms with Crippen LogP contribution in [0.2, 0.25) is 0 Å². The fourth-order valence-electron chi connectivity index (χ4n) is 4.94. The number of pyridine rings is 1. The summed E-state index contributed by atoms with van der Waals surface area (Å²) in [7, 11) is 1.66. The van der Waals surface area contributed by atoms with Gasteiger partial charge in [-0.25, -0.2) is 0 Å². The predicted molar refractivity (Wildman–Crippen MR) is 124 cm³/mol. The number of likely N-dealkylation sites (tertiary alicyclic amines) is 1. The minimum Gasteiger partial charge on any atom is -0.497 e. The quantitative estimate of drug-likeness (QED) is 0.509. The number of methoxy groups -OCH3 is 1. The van der Waals surface area contributed by atoms with Crippen molar-refractivity contribution in [3.05, 3.63) is 60.2 Å². The summed E-state index contributed by atoms with van der Waals surface area (Å²) in [5.74, 6) is 2.93. The van der Waals surface area contributed by atoms with Crippen LogP contribution in [0.25, 0.3) is 11.5 Å². The van der Waals surface area contributed by atoms with Crippen molar-refractivity contribution in [1.82, 2.24) is 20.0 Å². The minimum absolute atomic E-state index is 0.189. The standard InChI is InChI=1S/C26H30N4O3/c1-32-22-7-2-5-19(15-22)10-11-23(31)30-14-4-12-26(18-30,16-20-8-9-20)25-28-24(33-29-25)21-6-3-13-27-17-21/h2-3,5-7,13,15,17,20H,4,8-12,14,16,18H2,1H3. The lowest BCUT2D eigenvalue weighted by Crippen LogP contribution is -2.49. The Bertz CT molecular complexity index is 1100. The highest BCUT2D eigenvalue weighted by atomic mass is 16.5. The first-order valence-corrected chi connectivity index (χ1v) is 11.8. The normalized spacial score (nSPS) is 20.6. The minimum atomic E-state index is -0.241. The molecule has 3 aromatic rings. The van der Waals surface area contributed by atoms with Crippen molar-refractivity contribution >= 4 is 5.91 Å². The number of carbonyl (C=O) groups is 1. The van der Waals surface area contributed by atoms with Gasteiger partial charge < -0.3 is 14.2 Å². The fourth-order valence-corrected chi connectivity index (χ4v) is 4.94. The molecule has 0 spiro atoms. The number of piperidine rings is 1. The monoisotopic (exact) mass is 446 g/mol. The van der Waals surface area contributed by atoms with Crippen LogP contribution in [-0.4, -0.2) is 46.1 Å². The molecule has 0 bridgehead atoms. The number of rotatable bonds is 8. The van der Waals surface area contributed by atoms with E-state index >= 15 is 0 Å². The van der Waals surface area contributed by atoms with E-state index in [2.05, 4.69) is 10.1 Å². The number of aryl methyl sites for hydroxylation is 1. The summed E-state index contributed by atoms with van der Waals surface area (Å²) < 4.78 is 10.9. The van der Waals surface area contributed by atoms with E-state index in [-0.39, 0.29) is 11.3 Å². The summed E-state index contributed by atoms with van der Waals surface area (Å²) in [5, 5.41) is 4.41. The molecule has 3 heterocycles. The molecule has 1 atom stereocenters. The number of amides is 1. The van der Waals surface area contributed by atoms with Crippen molar-refractivity contribution in [1.29, 1.82) is 0 Å². The predicted octanol–water partition coefficient (Wildman–Crippen LogP) is 4.43. The highest BCUT2D eigenvalue weighted by Crippen LogP contribution is 2.46. The number of nitrogens with zero attached hydrogens (tertiary/aromatic N) is 4. The molecule has 1 saturated carbocycles. The Hall–Kier alpha value is -3.22. The Morgan fingerprint density at radius 1 is 1.27 bits per heavy atom. The summed E-state index contributed by atoms with van der Waals surface area (Å²) in [6.45, 7) is 1.45. The van der Waals surface area contributed by atoms with E-state index in [1.54, 1.807) is 19.5 Å².